The molecule has 112 valence electrons. The van der Waals surface area contributed by atoms with Gasteiger partial charge in [0.2, 0.25) is 0 Å². The van der Waals surface area contributed by atoms with Gasteiger partial charge in [0, 0.05) is 0 Å². The summed E-state index contributed by atoms with van der Waals surface area (Å²) in [6.45, 7) is 0. The van der Waals surface area contributed by atoms with Gasteiger partial charge in [-0.3, -0.25) is 9.59 Å². The first-order valence-corrected chi connectivity index (χ1v) is 4.44. The van der Waals surface area contributed by atoms with E-state index < -0.39 is 48.8 Å². The van der Waals surface area contributed by atoms with Crippen molar-refractivity contribution in [3.63, 3.8) is 0 Å². The summed E-state index contributed by atoms with van der Waals surface area (Å²) in [7, 11) is 0. The number of hydrogen-bond acceptors (Lipinski definition) is 8. The first-order valence-electron chi connectivity index (χ1n) is 4.44. The number of hydrogen-bond donors (Lipinski definition) is 4. The van der Waals surface area contributed by atoms with E-state index in [0.29, 0.717) is 0 Å². The summed E-state index contributed by atoms with van der Waals surface area (Å²) in [5.41, 5.74) is 9.55. The van der Waals surface area contributed by atoms with Gasteiger partial charge in [0.25, 0.3) is 0 Å². The topological polar surface area (TPSA) is 207 Å². The van der Waals surface area contributed by atoms with E-state index in [2.05, 4.69) is 0 Å². The van der Waals surface area contributed by atoms with E-state index in [9.17, 15) is 29.4 Å². The molecule has 0 radical (unpaired) electrons. The zero-order valence-corrected chi connectivity index (χ0v) is 12.4. The first-order chi connectivity index (χ1) is 8.07. The van der Waals surface area contributed by atoms with Crippen LogP contribution in [0.1, 0.15) is 12.8 Å². The van der Waals surface area contributed by atoms with E-state index >= 15 is 0 Å². The molecule has 0 saturated heterocycles. The van der Waals surface area contributed by atoms with Crippen molar-refractivity contribution in [1.29, 1.82) is 0 Å². The van der Waals surface area contributed by atoms with Crippen LogP contribution in [0.15, 0.2) is 0 Å². The van der Waals surface area contributed by atoms with Crippen LogP contribution in [0, 0.1) is 0 Å². The summed E-state index contributed by atoms with van der Waals surface area (Å²) in [6, 6.07) is -2.80. The fourth-order valence-corrected chi connectivity index (χ4v) is 0.543. The van der Waals surface area contributed by atoms with Crippen LogP contribution in [-0.4, -0.2) is 69.2 Å². The van der Waals surface area contributed by atoms with Crippen LogP contribution in [0.3, 0.4) is 0 Å². The Kier molecular flexibility index (Phi) is 19.4. The van der Waals surface area contributed by atoms with Gasteiger partial charge in [0.05, 0.1) is 36.9 Å². The molecule has 0 aliphatic rings. The van der Waals surface area contributed by atoms with Crippen molar-refractivity contribution in [3.05, 3.63) is 0 Å². The van der Waals surface area contributed by atoms with Gasteiger partial charge in [0.15, 0.2) is 0 Å². The smallest absolute Gasteiger partial charge is 0.548 e. The Bertz CT molecular complexity index is 308. The quantitative estimate of drug-likeness (QED) is 0.342. The Balaban J connectivity index is -0.000000116. The summed E-state index contributed by atoms with van der Waals surface area (Å²) in [6.07, 6.45) is -1.19. The van der Waals surface area contributed by atoms with Crippen molar-refractivity contribution in [2.75, 3.05) is 0 Å². The van der Waals surface area contributed by atoms with E-state index in [1.165, 1.54) is 0 Å². The second kappa shape index (κ2) is 14.3. The fraction of sp³-hybridized carbons (Fsp3) is 0.500. The average molecular weight is 325 g/mol. The molecule has 2 atom stereocenters. The largest absolute Gasteiger partial charge is 2.00 e. The molecule has 0 saturated carbocycles. The molecule has 0 bridgehead atoms. The molecule has 0 aromatic carbocycles. The molecule has 0 unspecified atom stereocenters. The van der Waals surface area contributed by atoms with Crippen LogP contribution in [0.4, 0.5) is 0 Å². The molecule has 0 spiro atoms. The molecule has 0 aromatic heterocycles. The first kappa shape index (κ1) is 27.2. The van der Waals surface area contributed by atoms with Gasteiger partial charge < -0.3 is 41.5 Å². The molecule has 0 amide bonds. The molecule has 0 aromatic rings. The van der Waals surface area contributed by atoms with Gasteiger partial charge in [-0.05, 0) is 0 Å². The van der Waals surface area contributed by atoms with Crippen LogP contribution >= 0.6 is 12.4 Å². The van der Waals surface area contributed by atoms with Gasteiger partial charge >= 0.3 is 35.0 Å². The average Bonchev–Trinajstić information content (AvgIpc) is 2.16. The Morgan fingerprint density at radius 3 is 1.10 bits per heavy atom. The monoisotopic (exact) mass is 324 g/mol. The number of rotatable bonds is 6. The summed E-state index contributed by atoms with van der Waals surface area (Å²) in [5.74, 6) is -5.58. The number of carboxylic acid groups (broad SMARTS) is 4. The van der Waals surface area contributed by atoms with Crippen LogP contribution in [0.2, 0.25) is 0 Å². The molecule has 6 N–H and O–H groups in total. The second-order valence-corrected chi connectivity index (χ2v) is 3.05. The molecule has 0 aliphatic heterocycles. The molecular formula is C8H13ClMgN2O8. The van der Waals surface area contributed by atoms with Gasteiger partial charge in [-0.1, -0.05) is 0 Å². The number of carbonyl (C=O) groups excluding carboxylic acids is 2. The molecule has 10 nitrogen and oxygen atoms in total. The summed E-state index contributed by atoms with van der Waals surface area (Å²) >= 11 is 0. The minimum atomic E-state index is -1.54. The standard InChI is InChI=1S/2C4H7NO4.ClH.Mg/c2*5-2(4(8)9)1-3(6)7;;/h2*2H,1,5H2,(H,6,7)(H,8,9);1H;/q;;;+2/p-2/t2*2-;;/m00../s1. The van der Waals surface area contributed by atoms with E-state index in [1.54, 1.807) is 0 Å². The molecule has 20 heavy (non-hydrogen) atoms. The third-order valence-electron chi connectivity index (χ3n) is 1.39. The van der Waals surface area contributed by atoms with Gasteiger partial charge in [-0.15, -0.1) is 12.4 Å². The summed E-state index contributed by atoms with van der Waals surface area (Å²) in [4.78, 5) is 39.0. The van der Waals surface area contributed by atoms with Gasteiger partial charge in [-0.2, -0.15) is 0 Å². The predicted molar refractivity (Wildman–Crippen MR) is 63.5 cm³/mol. The number of aliphatic carboxylic acids is 4. The van der Waals surface area contributed by atoms with Crippen LogP contribution in [0.25, 0.3) is 0 Å². The summed E-state index contributed by atoms with van der Waals surface area (Å²) in [5, 5.41) is 35.4. The maximum Gasteiger partial charge on any atom is 2.00 e. The van der Waals surface area contributed by atoms with Crippen molar-refractivity contribution in [2.24, 2.45) is 11.5 Å². The second-order valence-electron chi connectivity index (χ2n) is 3.05. The Hall–Kier alpha value is -1.14. The van der Waals surface area contributed by atoms with E-state index in [-0.39, 0.29) is 35.5 Å². The summed E-state index contributed by atoms with van der Waals surface area (Å²) < 4.78 is 0. The third-order valence-corrected chi connectivity index (χ3v) is 1.39. The minimum absolute atomic E-state index is 0. The third kappa shape index (κ3) is 19.2. The maximum atomic E-state index is 9.74. The van der Waals surface area contributed by atoms with Crippen LogP contribution in [-0.2, 0) is 19.2 Å². The number of halogens is 1. The van der Waals surface area contributed by atoms with Crippen LogP contribution in [0.5, 0.6) is 0 Å². The van der Waals surface area contributed by atoms with Crippen molar-refractivity contribution >= 4 is 59.3 Å². The van der Waals surface area contributed by atoms with Crippen molar-refractivity contribution in [2.45, 2.75) is 24.9 Å². The molecular weight excluding hydrogens is 312 g/mol. The molecule has 0 rings (SSSR count). The predicted octanol–water partition coefficient (Wildman–Crippen LogP) is -4.88. The van der Waals surface area contributed by atoms with E-state index in [0.717, 1.165) is 0 Å². The minimum Gasteiger partial charge on any atom is -0.548 e. The van der Waals surface area contributed by atoms with E-state index in [1.807, 2.05) is 0 Å². The van der Waals surface area contributed by atoms with Gasteiger partial charge in [0.1, 0.15) is 0 Å². The number of carboxylic acids is 4. The Morgan fingerprint density at radius 2 is 1.05 bits per heavy atom. The maximum absolute atomic E-state index is 9.74. The van der Waals surface area contributed by atoms with E-state index in [4.69, 9.17) is 21.7 Å². The normalized spacial score (nSPS) is 11.3. The van der Waals surface area contributed by atoms with Crippen molar-refractivity contribution < 1.29 is 39.6 Å². The molecule has 0 fully saturated rings. The zero-order chi connectivity index (χ0) is 14.9. The zero-order valence-electron chi connectivity index (χ0n) is 10.2. The van der Waals surface area contributed by atoms with Crippen molar-refractivity contribution in [3.8, 4) is 0 Å². The molecule has 0 aliphatic carbocycles. The Labute approximate surface area is 135 Å². The number of carbonyl (C=O) groups is 4. The SMILES string of the molecule is Cl.N[C@@H](CC(=O)O)C(=O)[O-].N[C@@H](CC(=O)O)C(=O)[O-].[Mg+2]. The van der Waals surface area contributed by atoms with Crippen molar-refractivity contribution in [1.82, 2.24) is 0 Å². The molecule has 12 heteroatoms. The van der Waals surface area contributed by atoms with Crippen LogP contribution < -0.4 is 21.7 Å². The van der Waals surface area contributed by atoms with Gasteiger partial charge in [-0.25, -0.2) is 0 Å². The number of nitrogens with two attached hydrogens (primary N) is 2. The molecule has 0 heterocycles. The Morgan fingerprint density at radius 1 is 0.850 bits per heavy atom. The fourth-order valence-electron chi connectivity index (χ4n) is 0.543.